The van der Waals surface area contributed by atoms with Gasteiger partial charge in [0.15, 0.2) is 5.60 Å². The van der Waals surface area contributed by atoms with Crippen LogP contribution in [0, 0.1) is 0 Å². The van der Waals surface area contributed by atoms with Gasteiger partial charge < -0.3 is 14.7 Å². The third-order valence-electron chi connectivity index (χ3n) is 5.35. The molecule has 2 aliphatic heterocycles. The average molecular weight is 429 g/mol. The van der Waals surface area contributed by atoms with Crippen LogP contribution in [0.25, 0.3) is 0 Å². The molecule has 1 N–H and O–H groups in total. The molecule has 2 heterocycles. The molecular weight excluding hydrogens is 411 g/mol. The number of carbonyl (C=O) groups is 1. The average Bonchev–Trinajstić information content (AvgIpc) is 2.67. The van der Waals surface area contributed by atoms with E-state index in [4.69, 9.17) is 4.74 Å². The third kappa shape index (κ3) is 3.43. The van der Waals surface area contributed by atoms with Crippen LogP contribution in [-0.2, 0) is 10.7 Å². The van der Waals surface area contributed by atoms with Crippen LogP contribution in [0.5, 0.6) is 5.75 Å². The van der Waals surface area contributed by atoms with Gasteiger partial charge in [-0.2, -0.15) is 22.0 Å². The Morgan fingerprint density at radius 1 is 1.14 bits per heavy atom. The first-order valence-corrected chi connectivity index (χ1v) is 8.86. The first kappa shape index (κ1) is 21.7. The molecule has 0 radical (unpaired) electrons. The SMILES string of the molecule is O=C1CCCCN1[C@H]1c2cc(C(F)(F)C(F)(F)F)ccc2OC(CF)(CF)[C@@H]1O. The fourth-order valence-electron chi connectivity index (χ4n) is 3.68. The van der Waals surface area contributed by atoms with Crippen LogP contribution in [0.2, 0.25) is 0 Å². The molecule has 11 heteroatoms. The standard InChI is InChI=1S/C18H18F7NO3/c19-8-16(9-20)15(28)14(26-6-2-1-3-13(26)27)11-7-10(4-5-12(11)29-16)17(21,22)18(23,24)25/h4-5,7,14-15,28H,1-3,6,8-9H2/t14-,15+/m0/s1. The zero-order valence-corrected chi connectivity index (χ0v) is 15.0. The van der Waals surface area contributed by atoms with E-state index in [-0.39, 0.29) is 24.3 Å². The first-order chi connectivity index (χ1) is 13.5. The van der Waals surface area contributed by atoms with E-state index in [1.54, 1.807) is 0 Å². The number of alkyl halides is 7. The number of ether oxygens (including phenoxy) is 1. The Morgan fingerprint density at radius 3 is 2.34 bits per heavy atom. The lowest BCUT2D eigenvalue weighted by molar-refractivity contribution is -0.289. The number of amides is 1. The minimum atomic E-state index is -5.88. The quantitative estimate of drug-likeness (QED) is 0.741. The normalized spacial score (nSPS) is 24.8. The second kappa shape index (κ2) is 7.33. The predicted molar refractivity (Wildman–Crippen MR) is 86.0 cm³/mol. The minimum absolute atomic E-state index is 0.0501. The summed E-state index contributed by atoms with van der Waals surface area (Å²) in [6.07, 6.45) is -6.85. The topological polar surface area (TPSA) is 49.8 Å². The predicted octanol–water partition coefficient (Wildman–Crippen LogP) is 3.83. The van der Waals surface area contributed by atoms with E-state index in [1.165, 1.54) is 0 Å². The van der Waals surface area contributed by atoms with E-state index in [0.29, 0.717) is 25.0 Å². The van der Waals surface area contributed by atoms with Gasteiger partial charge >= 0.3 is 12.1 Å². The highest BCUT2D eigenvalue weighted by Gasteiger charge is 2.60. The first-order valence-electron chi connectivity index (χ1n) is 8.86. The van der Waals surface area contributed by atoms with Crippen molar-refractivity contribution in [3.8, 4) is 5.75 Å². The highest BCUT2D eigenvalue weighted by atomic mass is 19.4. The van der Waals surface area contributed by atoms with E-state index >= 15 is 0 Å². The van der Waals surface area contributed by atoms with Gasteiger partial charge in [-0.15, -0.1) is 0 Å². The molecule has 29 heavy (non-hydrogen) atoms. The van der Waals surface area contributed by atoms with Crippen molar-refractivity contribution in [1.82, 2.24) is 4.90 Å². The molecule has 0 spiro atoms. The summed E-state index contributed by atoms with van der Waals surface area (Å²) in [7, 11) is 0. The highest BCUT2D eigenvalue weighted by Crippen LogP contribution is 2.49. The molecule has 0 aromatic heterocycles. The molecular formula is C18H18F7NO3. The van der Waals surface area contributed by atoms with Gasteiger partial charge in [0.1, 0.15) is 25.2 Å². The second-order valence-corrected chi connectivity index (χ2v) is 7.19. The molecule has 1 saturated heterocycles. The Morgan fingerprint density at radius 2 is 1.79 bits per heavy atom. The summed E-state index contributed by atoms with van der Waals surface area (Å²) >= 11 is 0. The van der Waals surface area contributed by atoms with Crippen molar-refractivity contribution in [3.05, 3.63) is 29.3 Å². The summed E-state index contributed by atoms with van der Waals surface area (Å²) < 4.78 is 98.5. The summed E-state index contributed by atoms with van der Waals surface area (Å²) in [5.41, 5.74) is -4.18. The number of aliphatic hydroxyl groups excluding tert-OH is 1. The molecule has 0 unspecified atom stereocenters. The van der Waals surface area contributed by atoms with Crippen LogP contribution in [-0.4, -0.2) is 53.7 Å². The van der Waals surface area contributed by atoms with Gasteiger partial charge in [-0.25, -0.2) is 8.78 Å². The van der Waals surface area contributed by atoms with Gasteiger partial charge in [0.25, 0.3) is 0 Å². The summed E-state index contributed by atoms with van der Waals surface area (Å²) in [5, 5.41) is 10.6. The fraction of sp³-hybridized carbons (Fsp3) is 0.611. The maximum absolute atomic E-state index is 13.8. The lowest BCUT2D eigenvalue weighted by Crippen LogP contribution is -2.61. The van der Waals surface area contributed by atoms with Crippen molar-refractivity contribution in [2.24, 2.45) is 0 Å². The van der Waals surface area contributed by atoms with Gasteiger partial charge in [-0.3, -0.25) is 4.79 Å². The number of aliphatic hydroxyl groups is 1. The van der Waals surface area contributed by atoms with Gasteiger partial charge in [-0.05, 0) is 31.0 Å². The number of carbonyl (C=O) groups excluding carboxylic acids is 1. The number of benzene rings is 1. The third-order valence-corrected chi connectivity index (χ3v) is 5.35. The molecule has 0 saturated carbocycles. The number of piperidine rings is 1. The smallest absolute Gasteiger partial charge is 0.458 e. The van der Waals surface area contributed by atoms with E-state index in [2.05, 4.69) is 0 Å². The van der Waals surface area contributed by atoms with Crippen LogP contribution in [0.4, 0.5) is 30.7 Å². The molecule has 4 nitrogen and oxygen atoms in total. The molecule has 1 amide bonds. The van der Waals surface area contributed by atoms with Crippen LogP contribution >= 0.6 is 0 Å². The molecule has 0 aliphatic carbocycles. The Labute approximate surface area is 161 Å². The summed E-state index contributed by atoms with van der Waals surface area (Å²) in [5.74, 6) is -6.08. The van der Waals surface area contributed by atoms with E-state index in [1.807, 2.05) is 0 Å². The fourth-order valence-corrected chi connectivity index (χ4v) is 3.68. The number of hydrogen-bond acceptors (Lipinski definition) is 3. The highest BCUT2D eigenvalue weighted by molar-refractivity contribution is 5.77. The zero-order valence-electron chi connectivity index (χ0n) is 15.0. The molecule has 162 valence electrons. The Kier molecular flexibility index (Phi) is 5.48. The van der Waals surface area contributed by atoms with Gasteiger partial charge in [0.05, 0.1) is 6.04 Å². The largest absolute Gasteiger partial charge is 0.479 e. The van der Waals surface area contributed by atoms with E-state index in [0.717, 1.165) is 11.0 Å². The van der Waals surface area contributed by atoms with Crippen molar-refractivity contribution in [2.75, 3.05) is 19.9 Å². The molecule has 2 atom stereocenters. The molecule has 1 aromatic rings. The maximum Gasteiger partial charge on any atom is 0.458 e. The maximum atomic E-state index is 13.8. The van der Waals surface area contributed by atoms with Crippen molar-refractivity contribution < 1.29 is 45.4 Å². The summed E-state index contributed by atoms with van der Waals surface area (Å²) in [6.45, 7) is -2.94. The number of nitrogens with zero attached hydrogens (tertiary/aromatic N) is 1. The molecule has 1 aromatic carbocycles. The number of fused-ring (bicyclic) bond motifs is 1. The lowest BCUT2D eigenvalue weighted by Gasteiger charge is -2.48. The molecule has 1 fully saturated rings. The Bertz CT molecular complexity index is 779. The number of hydrogen-bond donors (Lipinski definition) is 1. The Balaban J connectivity index is 2.16. The van der Waals surface area contributed by atoms with Crippen LogP contribution in [0.15, 0.2) is 18.2 Å². The summed E-state index contributed by atoms with van der Waals surface area (Å²) in [4.78, 5) is 13.4. The van der Waals surface area contributed by atoms with Crippen LogP contribution < -0.4 is 4.74 Å². The van der Waals surface area contributed by atoms with Gasteiger partial charge in [-0.1, -0.05) is 0 Å². The summed E-state index contributed by atoms with van der Waals surface area (Å²) in [6, 6.07) is 0.138. The molecule has 0 bridgehead atoms. The van der Waals surface area contributed by atoms with Gasteiger partial charge in [0, 0.05) is 24.1 Å². The van der Waals surface area contributed by atoms with Crippen LogP contribution in [0.3, 0.4) is 0 Å². The van der Waals surface area contributed by atoms with E-state index < -0.39 is 54.7 Å². The second-order valence-electron chi connectivity index (χ2n) is 7.19. The Hall–Kier alpha value is -2.04. The molecule has 3 rings (SSSR count). The van der Waals surface area contributed by atoms with Crippen molar-refractivity contribution in [2.45, 2.75) is 49.1 Å². The number of halogens is 7. The minimum Gasteiger partial charge on any atom is -0.479 e. The van der Waals surface area contributed by atoms with Crippen molar-refractivity contribution in [1.29, 1.82) is 0 Å². The zero-order chi connectivity index (χ0) is 21.6. The molecule has 2 aliphatic rings. The number of rotatable bonds is 4. The van der Waals surface area contributed by atoms with Crippen molar-refractivity contribution in [3.63, 3.8) is 0 Å². The van der Waals surface area contributed by atoms with Crippen LogP contribution in [0.1, 0.15) is 36.4 Å². The number of likely N-dealkylation sites (tertiary alicyclic amines) is 1. The monoisotopic (exact) mass is 429 g/mol. The van der Waals surface area contributed by atoms with Gasteiger partial charge in [0.2, 0.25) is 5.91 Å². The van der Waals surface area contributed by atoms with Crippen molar-refractivity contribution >= 4 is 5.91 Å². The van der Waals surface area contributed by atoms with E-state index in [9.17, 15) is 40.6 Å². The lowest BCUT2D eigenvalue weighted by atomic mass is 9.82.